The van der Waals surface area contributed by atoms with Gasteiger partial charge in [-0.15, -0.1) is 11.6 Å². The fraction of sp³-hybridized carbons (Fsp3) is 0.727. The zero-order chi connectivity index (χ0) is 10.2. The summed E-state index contributed by atoms with van der Waals surface area (Å²) >= 11 is 5.78. The maximum atomic E-state index is 11.8. The van der Waals surface area contributed by atoms with E-state index < -0.39 is 0 Å². The predicted octanol–water partition coefficient (Wildman–Crippen LogP) is 2.37. The van der Waals surface area contributed by atoms with Gasteiger partial charge < -0.3 is 4.74 Å². The second-order valence-corrected chi connectivity index (χ2v) is 4.66. The maximum absolute atomic E-state index is 11.8. The first kappa shape index (κ1) is 10.0. The van der Waals surface area contributed by atoms with Gasteiger partial charge in [-0.1, -0.05) is 12.2 Å². The van der Waals surface area contributed by atoms with Crippen LogP contribution in [0.15, 0.2) is 12.2 Å². The quantitative estimate of drug-likeness (QED) is 0.410. The zero-order valence-electron chi connectivity index (χ0n) is 8.33. The number of allylic oxidation sites excluding steroid dienone is 2. The van der Waals surface area contributed by atoms with Gasteiger partial charge >= 0.3 is 5.97 Å². The molecule has 2 bridgehead atoms. The summed E-state index contributed by atoms with van der Waals surface area (Å²) in [6.07, 6.45) is 7.16. The summed E-state index contributed by atoms with van der Waals surface area (Å²) in [6, 6.07) is 0. The lowest BCUT2D eigenvalue weighted by Crippen LogP contribution is -2.36. The van der Waals surface area contributed by atoms with Gasteiger partial charge in [-0.25, -0.2) is 0 Å². The maximum Gasteiger partial charge on any atom is 0.312 e. The van der Waals surface area contributed by atoms with Gasteiger partial charge in [0.05, 0.1) is 12.5 Å². The van der Waals surface area contributed by atoms with Crippen molar-refractivity contribution in [2.75, 3.05) is 13.0 Å². The van der Waals surface area contributed by atoms with Crippen LogP contribution in [0.25, 0.3) is 0 Å². The summed E-state index contributed by atoms with van der Waals surface area (Å²) in [5.74, 6) is 1.39. The summed E-state index contributed by atoms with van der Waals surface area (Å²) in [7, 11) is 1.47. The smallest absolute Gasteiger partial charge is 0.312 e. The highest BCUT2D eigenvalue weighted by Crippen LogP contribution is 2.54. The molecule has 14 heavy (non-hydrogen) atoms. The van der Waals surface area contributed by atoms with Crippen LogP contribution < -0.4 is 0 Å². The van der Waals surface area contributed by atoms with Crippen molar-refractivity contribution in [2.45, 2.75) is 19.3 Å². The fourth-order valence-electron chi connectivity index (χ4n) is 2.95. The van der Waals surface area contributed by atoms with Gasteiger partial charge in [0.1, 0.15) is 0 Å². The van der Waals surface area contributed by atoms with Gasteiger partial charge in [-0.3, -0.25) is 4.79 Å². The molecule has 1 saturated carbocycles. The Morgan fingerprint density at radius 1 is 1.64 bits per heavy atom. The molecule has 0 saturated heterocycles. The standard InChI is InChI=1S/C11H15ClO2/c1-14-10(13)11(4-5-12)7-8-2-3-9(11)6-8/h2-3,8-9H,4-7H2,1H3/t8?,9?,11-/m1/s1. The predicted molar refractivity (Wildman–Crippen MR) is 55.1 cm³/mol. The molecule has 0 radical (unpaired) electrons. The van der Waals surface area contributed by atoms with E-state index in [4.69, 9.17) is 16.3 Å². The van der Waals surface area contributed by atoms with Crippen LogP contribution in [0.4, 0.5) is 0 Å². The van der Waals surface area contributed by atoms with Crippen molar-refractivity contribution >= 4 is 17.6 Å². The third-order valence-electron chi connectivity index (χ3n) is 3.64. The van der Waals surface area contributed by atoms with E-state index in [2.05, 4.69) is 12.2 Å². The van der Waals surface area contributed by atoms with Crippen molar-refractivity contribution in [1.29, 1.82) is 0 Å². The van der Waals surface area contributed by atoms with Crippen LogP contribution >= 0.6 is 11.6 Å². The molecule has 2 rings (SSSR count). The van der Waals surface area contributed by atoms with Crippen LogP contribution in [0.1, 0.15) is 19.3 Å². The molecular formula is C11H15ClO2. The first-order valence-electron chi connectivity index (χ1n) is 5.05. The third kappa shape index (κ3) is 1.28. The minimum absolute atomic E-state index is 0.0741. The van der Waals surface area contributed by atoms with Crippen LogP contribution in [-0.4, -0.2) is 19.0 Å². The Bertz CT molecular complexity index is 274. The van der Waals surface area contributed by atoms with Gasteiger partial charge in [-0.05, 0) is 31.1 Å². The number of methoxy groups -OCH3 is 1. The number of carbonyl (C=O) groups excluding carboxylic acids is 1. The molecular weight excluding hydrogens is 200 g/mol. The van der Waals surface area contributed by atoms with Crippen LogP contribution in [-0.2, 0) is 9.53 Å². The summed E-state index contributed by atoms with van der Waals surface area (Å²) in [4.78, 5) is 11.8. The minimum atomic E-state index is -0.310. The van der Waals surface area contributed by atoms with E-state index in [1.807, 2.05) is 0 Å². The highest BCUT2D eigenvalue weighted by molar-refractivity contribution is 6.18. The Hall–Kier alpha value is -0.500. The SMILES string of the molecule is COC(=O)[C@]1(CCCl)CC2C=CC1C2. The van der Waals surface area contributed by atoms with E-state index in [1.54, 1.807) is 0 Å². The number of halogens is 1. The van der Waals surface area contributed by atoms with Gasteiger partial charge in [0.2, 0.25) is 0 Å². The Morgan fingerprint density at radius 3 is 2.86 bits per heavy atom. The van der Waals surface area contributed by atoms with Gasteiger partial charge in [0.25, 0.3) is 0 Å². The zero-order valence-corrected chi connectivity index (χ0v) is 9.09. The molecule has 0 aromatic heterocycles. The highest BCUT2D eigenvalue weighted by atomic mass is 35.5. The number of hydrogen-bond donors (Lipinski definition) is 0. The largest absolute Gasteiger partial charge is 0.469 e. The van der Waals surface area contributed by atoms with Gasteiger partial charge in [0.15, 0.2) is 0 Å². The molecule has 0 N–H and O–H groups in total. The molecule has 3 atom stereocenters. The normalized spacial score (nSPS) is 39.0. The van der Waals surface area contributed by atoms with E-state index in [9.17, 15) is 4.79 Å². The first-order chi connectivity index (χ1) is 6.73. The van der Waals surface area contributed by atoms with Crippen molar-refractivity contribution in [3.63, 3.8) is 0 Å². The average Bonchev–Trinajstić information content (AvgIpc) is 2.77. The Labute approximate surface area is 89.3 Å². The molecule has 78 valence electrons. The van der Waals surface area contributed by atoms with Crippen molar-refractivity contribution in [3.8, 4) is 0 Å². The topological polar surface area (TPSA) is 26.3 Å². The molecule has 0 amide bonds. The minimum Gasteiger partial charge on any atom is -0.469 e. The molecule has 0 aliphatic heterocycles. The van der Waals surface area contributed by atoms with Crippen molar-refractivity contribution in [2.24, 2.45) is 17.3 Å². The summed E-state index contributed by atoms with van der Waals surface area (Å²) in [5.41, 5.74) is -0.310. The van der Waals surface area contributed by atoms with Gasteiger partial charge in [0, 0.05) is 5.88 Å². The summed E-state index contributed by atoms with van der Waals surface area (Å²) in [5, 5.41) is 0. The molecule has 2 aliphatic carbocycles. The molecule has 0 aromatic rings. The summed E-state index contributed by atoms with van der Waals surface area (Å²) < 4.78 is 4.91. The van der Waals surface area contributed by atoms with Crippen LogP contribution in [0.3, 0.4) is 0 Å². The number of rotatable bonds is 3. The van der Waals surface area contributed by atoms with E-state index in [0.717, 1.165) is 19.3 Å². The molecule has 2 aliphatic rings. The first-order valence-corrected chi connectivity index (χ1v) is 5.59. The van der Waals surface area contributed by atoms with Crippen molar-refractivity contribution in [1.82, 2.24) is 0 Å². The van der Waals surface area contributed by atoms with Crippen LogP contribution in [0.2, 0.25) is 0 Å². The Balaban J connectivity index is 2.24. The van der Waals surface area contributed by atoms with Crippen molar-refractivity contribution in [3.05, 3.63) is 12.2 Å². The number of carbonyl (C=O) groups is 1. The molecule has 2 nitrogen and oxygen atoms in total. The van der Waals surface area contributed by atoms with E-state index in [-0.39, 0.29) is 11.4 Å². The monoisotopic (exact) mass is 214 g/mol. The molecule has 1 fully saturated rings. The third-order valence-corrected chi connectivity index (χ3v) is 3.83. The molecule has 0 heterocycles. The average molecular weight is 215 g/mol. The molecule has 0 aromatic carbocycles. The second kappa shape index (κ2) is 3.58. The number of hydrogen-bond acceptors (Lipinski definition) is 2. The lowest BCUT2D eigenvalue weighted by molar-refractivity contribution is -0.154. The van der Waals surface area contributed by atoms with Gasteiger partial charge in [-0.2, -0.15) is 0 Å². The molecule has 3 heteroatoms. The van der Waals surface area contributed by atoms with E-state index in [0.29, 0.717) is 17.7 Å². The van der Waals surface area contributed by atoms with Crippen molar-refractivity contribution < 1.29 is 9.53 Å². The second-order valence-electron chi connectivity index (χ2n) is 4.28. The number of fused-ring (bicyclic) bond motifs is 2. The number of esters is 1. The number of alkyl halides is 1. The van der Waals surface area contributed by atoms with E-state index in [1.165, 1.54) is 7.11 Å². The lowest BCUT2D eigenvalue weighted by Gasteiger charge is -2.31. The van der Waals surface area contributed by atoms with Crippen LogP contribution in [0, 0.1) is 17.3 Å². The Kier molecular flexibility index (Phi) is 2.56. The Morgan fingerprint density at radius 2 is 2.43 bits per heavy atom. The molecule has 2 unspecified atom stereocenters. The number of ether oxygens (including phenoxy) is 1. The molecule has 0 spiro atoms. The van der Waals surface area contributed by atoms with Crippen LogP contribution in [0.5, 0.6) is 0 Å². The summed E-state index contributed by atoms with van der Waals surface area (Å²) in [6.45, 7) is 0. The van der Waals surface area contributed by atoms with E-state index >= 15 is 0 Å². The fourth-order valence-corrected chi connectivity index (χ4v) is 3.29. The highest BCUT2D eigenvalue weighted by Gasteiger charge is 2.53. The lowest BCUT2D eigenvalue weighted by atomic mass is 9.73.